The molecule has 0 saturated carbocycles. The molecule has 3 aromatic rings. The summed E-state index contributed by atoms with van der Waals surface area (Å²) >= 11 is 0. The molecule has 5 nitrogen and oxygen atoms in total. The number of hydrogen-bond acceptors (Lipinski definition) is 5. The minimum Gasteiger partial charge on any atom is -0.506 e. The molecule has 0 aliphatic carbocycles. The number of benzene rings is 2. The van der Waals surface area contributed by atoms with E-state index in [1.165, 1.54) is 6.07 Å². The summed E-state index contributed by atoms with van der Waals surface area (Å²) in [4.78, 5) is 25.6. The minimum atomic E-state index is -0.525. The zero-order chi connectivity index (χ0) is 21.6. The molecule has 5 heteroatoms. The van der Waals surface area contributed by atoms with Crippen LogP contribution >= 0.6 is 0 Å². The number of ether oxygens (including phenoxy) is 1. The molecule has 1 aromatic heterocycles. The monoisotopic (exact) mass is 404 g/mol. The van der Waals surface area contributed by atoms with Crippen LogP contribution in [0.2, 0.25) is 0 Å². The van der Waals surface area contributed by atoms with Crippen molar-refractivity contribution in [2.24, 2.45) is 5.92 Å². The van der Waals surface area contributed by atoms with Gasteiger partial charge in [-0.1, -0.05) is 50.8 Å². The van der Waals surface area contributed by atoms with Gasteiger partial charge >= 0.3 is 5.63 Å². The van der Waals surface area contributed by atoms with Crippen molar-refractivity contribution in [1.29, 1.82) is 0 Å². The molecule has 0 saturated heterocycles. The van der Waals surface area contributed by atoms with Gasteiger partial charge in [-0.3, -0.25) is 4.79 Å². The van der Waals surface area contributed by atoms with Crippen molar-refractivity contribution < 1.29 is 19.1 Å². The second kappa shape index (κ2) is 7.48. The molecule has 4 rings (SSSR count). The Morgan fingerprint density at radius 1 is 1.30 bits per heavy atom. The standard InChI is InChI=1S/C25H24O5/c1-5-14(4)22(27)21-23(28)20-16(15-9-7-6-8-10-15)12-19(26)30-24(20)17-11-18(13(2)3)29-25(17)21/h6-10,12,14,18,28H,2,5,11H2,1,3-4H3/t14-,18+/m0/s1. The van der Waals surface area contributed by atoms with Crippen LogP contribution in [0.4, 0.5) is 0 Å². The number of aromatic hydroxyl groups is 1. The number of rotatable bonds is 5. The first-order valence-electron chi connectivity index (χ1n) is 10.1. The summed E-state index contributed by atoms with van der Waals surface area (Å²) in [5.74, 6) is -0.396. The molecule has 2 aromatic carbocycles. The number of phenols is 1. The van der Waals surface area contributed by atoms with Gasteiger partial charge in [0.15, 0.2) is 5.78 Å². The summed E-state index contributed by atoms with van der Waals surface area (Å²) in [7, 11) is 0. The fourth-order valence-corrected chi connectivity index (χ4v) is 3.89. The van der Waals surface area contributed by atoms with E-state index in [2.05, 4.69) is 6.58 Å². The van der Waals surface area contributed by atoms with Crippen LogP contribution in [-0.4, -0.2) is 17.0 Å². The molecule has 1 aliphatic rings. The van der Waals surface area contributed by atoms with Crippen LogP contribution in [-0.2, 0) is 6.42 Å². The third-order valence-corrected chi connectivity index (χ3v) is 5.80. The number of ketones is 1. The van der Waals surface area contributed by atoms with Crippen molar-refractivity contribution in [2.45, 2.75) is 39.7 Å². The van der Waals surface area contributed by atoms with Gasteiger partial charge in [-0.15, -0.1) is 0 Å². The molecule has 0 fully saturated rings. The minimum absolute atomic E-state index is 0.154. The van der Waals surface area contributed by atoms with Gasteiger partial charge in [0.2, 0.25) is 0 Å². The van der Waals surface area contributed by atoms with Crippen LogP contribution in [0.25, 0.3) is 22.1 Å². The Bertz CT molecular complexity index is 1220. The molecule has 0 bridgehead atoms. The Morgan fingerprint density at radius 2 is 2.00 bits per heavy atom. The van der Waals surface area contributed by atoms with E-state index in [1.807, 2.05) is 51.1 Å². The van der Waals surface area contributed by atoms with Crippen molar-refractivity contribution in [3.05, 3.63) is 70.1 Å². The highest BCUT2D eigenvalue weighted by atomic mass is 16.5. The predicted octanol–water partition coefficient (Wildman–Crippen LogP) is 5.27. The summed E-state index contributed by atoms with van der Waals surface area (Å²) in [5, 5.41) is 11.7. The van der Waals surface area contributed by atoms with E-state index in [9.17, 15) is 14.7 Å². The number of fused-ring (bicyclic) bond motifs is 3. The number of carbonyl (C=O) groups is 1. The number of hydrogen-bond donors (Lipinski definition) is 1. The molecule has 1 aliphatic heterocycles. The van der Waals surface area contributed by atoms with E-state index in [-0.39, 0.29) is 34.7 Å². The van der Waals surface area contributed by atoms with E-state index in [0.717, 1.165) is 11.1 Å². The van der Waals surface area contributed by atoms with Crippen molar-refractivity contribution >= 4 is 16.8 Å². The van der Waals surface area contributed by atoms with Gasteiger partial charge in [-0.25, -0.2) is 4.79 Å². The van der Waals surface area contributed by atoms with Crippen LogP contribution in [0, 0.1) is 5.92 Å². The smallest absolute Gasteiger partial charge is 0.336 e. The SMILES string of the molecule is C=C(C)[C@H]1Cc2c(c(C(=O)[C@@H](C)CC)c(O)c3c(-c4ccccc4)cc(=O)oc23)O1. The van der Waals surface area contributed by atoms with Gasteiger partial charge in [-0.05, 0) is 24.5 Å². The lowest BCUT2D eigenvalue weighted by Gasteiger charge is -2.17. The van der Waals surface area contributed by atoms with Crippen molar-refractivity contribution in [1.82, 2.24) is 0 Å². The zero-order valence-electron chi connectivity index (χ0n) is 17.3. The normalized spacial score (nSPS) is 16.2. The highest BCUT2D eigenvalue weighted by molar-refractivity contribution is 6.12. The third kappa shape index (κ3) is 3.11. The molecular weight excluding hydrogens is 380 g/mol. The van der Waals surface area contributed by atoms with Crippen molar-refractivity contribution in [2.75, 3.05) is 0 Å². The Morgan fingerprint density at radius 3 is 2.63 bits per heavy atom. The van der Waals surface area contributed by atoms with Crippen LogP contribution in [0.1, 0.15) is 43.1 Å². The van der Waals surface area contributed by atoms with Crippen LogP contribution in [0.3, 0.4) is 0 Å². The number of Topliss-reactive ketones (excluding diaryl/α,β-unsaturated/α-hetero) is 1. The zero-order valence-corrected chi connectivity index (χ0v) is 17.3. The Kier molecular flexibility index (Phi) is 4.98. The molecule has 0 amide bonds. The highest BCUT2D eigenvalue weighted by Gasteiger charge is 2.36. The Labute approximate surface area is 174 Å². The average molecular weight is 404 g/mol. The predicted molar refractivity (Wildman–Crippen MR) is 116 cm³/mol. The molecule has 2 atom stereocenters. The summed E-state index contributed by atoms with van der Waals surface area (Å²) in [6, 6.07) is 10.6. The molecule has 0 unspecified atom stereocenters. The molecule has 30 heavy (non-hydrogen) atoms. The van der Waals surface area contributed by atoms with E-state index in [4.69, 9.17) is 9.15 Å². The largest absolute Gasteiger partial charge is 0.506 e. The lowest BCUT2D eigenvalue weighted by molar-refractivity contribution is 0.0920. The molecule has 0 spiro atoms. The quantitative estimate of drug-likeness (QED) is 0.356. The second-order valence-corrected chi connectivity index (χ2v) is 7.91. The fourth-order valence-electron chi connectivity index (χ4n) is 3.89. The van der Waals surface area contributed by atoms with Gasteiger partial charge in [0, 0.05) is 29.5 Å². The van der Waals surface area contributed by atoms with E-state index in [1.54, 1.807) is 0 Å². The average Bonchev–Trinajstić information content (AvgIpc) is 3.18. The summed E-state index contributed by atoms with van der Waals surface area (Å²) in [6.07, 6.45) is 0.701. The maximum atomic E-state index is 13.2. The fraction of sp³-hybridized carbons (Fsp3) is 0.280. The molecular formula is C25H24O5. The maximum absolute atomic E-state index is 13.2. The van der Waals surface area contributed by atoms with E-state index >= 15 is 0 Å². The highest BCUT2D eigenvalue weighted by Crippen LogP contribution is 2.48. The van der Waals surface area contributed by atoms with Gasteiger partial charge < -0.3 is 14.3 Å². The van der Waals surface area contributed by atoms with Crippen LogP contribution in [0.5, 0.6) is 11.5 Å². The maximum Gasteiger partial charge on any atom is 0.336 e. The van der Waals surface area contributed by atoms with Crippen LogP contribution in [0.15, 0.2) is 57.8 Å². The first-order chi connectivity index (χ1) is 14.3. The Balaban J connectivity index is 2.12. The number of carbonyl (C=O) groups excluding carboxylic acids is 1. The lowest BCUT2D eigenvalue weighted by atomic mass is 9.89. The lowest BCUT2D eigenvalue weighted by Crippen LogP contribution is -2.15. The van der Waals surface area contributed by atoms with Gasteiger partial charge in [0.25, 0.3) is 0 Å². The van der Waals surface area contributed by atoms with Gasteiger partial charge in [0.05, 0.1) is 5.39 Å². The summed E-state index contributed by atoms with van der Waals surface area (Å²) in [6.45, 7) is 9.56. The first-order valence-corrected chi connectivity index (χ1v) is 10.1. The summed E-state index contributed by atoms with van der Waals surface area (Å²) in [5.41, 5.74) is 2.59. The topological polar surface area (TPSA) is 76.7 Å². The van der Waals surface area contributed by atoms with E-state index in [0.29, 0.717) is 35.1 Å². The summed E-state index contributed by atoms with van der Waals surface area (Å²) < 4.78 is 11.6. The Hall–Kier alpha value is -3.34. The molecule has 0 radical (unpaired) electrons. The second-order valence-electron chi connectivity index (χ2n) is 7.91. The molecule has 1 N–H and O–H groups in total. The van der Waals surface area contributed by atoms with Crippen molar-refractivity contribution in [3.63, 3.8) is 0 Å². The third-order valence-electron chi connectivity index (χ3n) is 5.80. The first kappa shape index (κ1) is 20.0. The molecule has 2 heterocycles. The van der Waals surface area contributed by atoms with E-state index < -0.39 is 5.63 Å². The van der Waals surface area contributed by atoms with Gasteiger partial charge in [-0.2, -0.15) is 0 Å². The van der Waals surface area contributed by atoms with Gasteiger partial charge in [0.1, 0.15) is 28.7 Å². The number of phenolic OH excluding ortho intramolecular Hbond substituents is 1. The van der Waals surface area contributed by atoms with Crippen molar-refractivity contribution in [3.8, 4) is 22.6 Å². The molecule has 154 valence electrons. The van der Waals surface area contributed by atoms with Crippen LogP contribution < -0.4 is 10.4 Å².